The molecule has 1 saturated heterocycles. The molecule has 0 unspecified atom stereocenters. The summed E-state index contributed by atoms with van der Waals surface area (Å²) in [7, 11) is 0. The largest absolute Gasteiger partial charge is 0.398 e. The lowest BCUT2D eigenvalue weighted by molar-refractivity contribution is 0.242. The maximum absolute atomic E-state index is 5.97. The number of benzene rings is 1. The van der Waals surface area contributed by atoms with Gasteiger partial charge in [-0.3, -0.25) is 0 Å². The van der Waals surface area contributed by atoms with Gasteiger partial charge in [0.15, 0.2) is 0 Å². The molecule has 1 aliphatic heterocycles. The van der Waals surface area contributed by atoms with Gasteiger partial charge in [-0.25, -0.2) is 0 Å². The zero-order chi connectivity index (χ0) is 12.1. The Kier molecular flexibility index (Phi) is 5.01. The van der Waals surface area contributed by atoms with Crippen LogP contribution in [0.4, 0.5) is 5.69 Å². The summed E-state index contributed by atoms with van der Waals surface area (Å²) < 4.78 is 0. The summed E-state index contributed by atoms with van der Waals surface area (Å²) in [6, 6.07) is 5.68. The lowest BCUT2D eigenvalue weighted by atomic mass is 10.1. The van der Waals surface area contributed by atoms with E-state index in [2.05, 4.69) is 4.90 Å². The first-order valence-electron chi connectivity index (χ1n) is 6.16. The highest BCUT2D eigenvalue weighted by atomic mass is 35.5. The number of rotatable bonds is 4. The maximum atomic E-state index is 5.97. The van der Waals surface area contributed by atoms with Gasteiger partial charge in [0.2, 0.25) is 0 Å². The second kappa shape index (κ2) is 6.53. The standard InChI is InChI=1S/C13H19ClN2S/c14-11-4-5-12(15)13(10-11)17-9-8-16-6-2-1-3-7-16/h4-5,10H,1-3,6-9,15H2. The number of halogens is 1. The molecule has 1 fully saturated rings. The highest BCUT2D eigenvalue weighted by Crippen LogP contribution is 2.28. The van der Waals surface area contributed by atoms with E-state index in [9.17, 15) is 0 Å². The van der Waals surface area contributed by atoms with E-state index in [1.54, 1.807) is 11.8 Å². The zero-order valence-corrected chi connectivity index (χ0v) is 11.6. The van der Waals surface area contributed by atoms with Crippen LogP contribution in [0.1, 0.15) is 19.3 Å². The third kappa shape index (κ3) is 4.09. The van der Waals surface area contributed by atoms with E-state index in [-0.39, 0.29) is 0 Å². The van der Waals surface area contributed by atoms with Crippen molar-refractivity contribution in [3.63, 3.8) is 0 Å². The molecule has 0 bridgehead atoms. The van der Waals surface area contributed by atoms with Crippen molar-refractivity contribution in [3.8, 4) is 0 Å². The normalized spacial score (nSPS) is 17.2. The Bertz CT molecular complexity index is 364. The summed E-state index contributed by atoms with van der Waals surface area (Å²) in [6.07, 6.45) is 4.10. The van der Waals surface area contributed by atoms with Crippen molar-refractivity contribution in [1.29, 1.82) is 0 Å². The number of hydrogen-bond acceptors (Lipinski definition) is 3. The monoisotopic (exact) mass is 270 g/mol. The van der Waals surface area contributed by atoms with Crippen molar-refractivity contribution >= 4 is 29.1 Å². The fourth-order valence-electron chi connectivity index (χ4n) is 2.10. The second-order valence-electron chi connectivity index (χ2n) is 4.43. The van der Waals surface area contributed by atoms with Crippen LogP contribution in [-0.2, 0) is 0 Å². The highest BCUT2D eigenvalue weighted by molar-refractivity contribution is 7.99. The van der Waals surface area contributed by atoms with Gasteiger partial charge in [0, 0.05) is 27.9 Å². The minimum Gasteiger partial charge on any atom is -0.398 e. The molecular formula is C13H19ClN2S. The van der Waals surface area contributed by atoms with Crippen molar-refractivity contribution in [1.82, 2.24) is 4.90 Å². The Morgan fingerprint density at radius 1 is 1.24 bits per heavy atom. The zero-order valence-electron chi connectivity index (χ0n) is 9.99. The first kappa shape index (κ1) is 13.1. The minimum absolute atomic E-state index is 0.764. The molecule has 0 radical (unpaired) electrons. The van der Waals surface area contributed by atoms with Crippen LogP contribution in [0.25, 0.3) is 0 Å². The van der Waals surface area contributed by atoms with Crippen LogP contribution in [-0.4, -0.2) is 30.3 Å². The van der Waals surface area contributed by atoms with Gasteiger partial charge in [-0.15, -0.1) is 11.8 Å². The SMILES string of the molecule is Nc1ccc(Cl)cc1SCCN1CCCCC1. The van der Waals surface area contributed by atoms with Gasteiger partial charge < -0.3 is 10.6 Å². The molecule has 1 aliphatic rings. The Morgan fingerprint density at radius 2 is 2.00 bits per heavy atom. The summed E-state index contributed by atoms with van der Waals surface area (Å²) in [5.74, 6) is 1.09. The Hall–Kier alpha value is -0.380. The van der Waals surface area contributed by atoms with Crippen molar-refractivity contribution in [2.45, 2.75) is 24.2 Å². The fraction of sp³-hybridized carbons (Fsp3) is 0.538. The quantitative estimate of drug-likeness (QED) is 0.671. The fourth-order valence-corrected chi connectivity index (χ4v) is 3.35. The summed E-state index contributed by atoms with van der Waals surface area (Å²) in [4.78, 5) is 3.64. The van der Waals surface area contributed by atoms with Gasteiger partial charge in [0.25, 0.3) is 0 Å². The molecule has 2 nitrogen and oxygen atoms in total. The van der Waals surface area contributed by atoms with Crippen LogP contribution in [0.5, 0.6) is 0 Å². The molecule has 1 heterocycles. The molecule has 2 rings (SSSR count). The number of likely N-dealkylation sites (tertiary alicyclic amines) is 1. The van der Waals surface area contributed by atoms with E-state index >= 15 is 0 Å². The van der Waals surface area contributed by atoms with Crippen LogP contribution in [0.15, 0.2) is 23.1 Å². The van der Waals surface area contributed by atoms with E-state index < -0.39 is 0 Å². The van der Waals surface area contributed by atoms with E-state index in [0.29, 0.717) is 0 Å². The molecule has 94 valence electrons. The van der Waals surface area contributed by atoms with Crippen molar-refractivity contribution in [2.24, 2.45) is 0 Å². The van der Waals surface area contributed by atoms with Crippen LogP contribution < -0.4 is 5.73 Å². The van der Waals surface area contributed by atoms with Gasteiger partial charge in [0.05, 0.1) is 0 Å². The van der Waals surface area contributed by atoms with Crippen LogP contribution in [0, 0.1) is 0 Å². The third-order valence-electron chi connectivity index (χ3n) is 3.09. The smallest absolute Gasteiger partial charge is 0.0453 e. The number of nitrogens with two attached hydrogens (primary N) is 1. The minimum atomic E-state index is 0.764. The second-order valence-corrected chi connectivity index (χ2v) is 6.01. The number of thioether (sulfide) groups is 1. The molecule has 0 spiro atoms. The Morgan fingerprint density at radius 3 is 2.76 bits per heavy atom. The van der Waals surface area contributed by atoms with Gasteiger partial charge in [-0.2, -0.15) is 0 Å². The molecule has 0 atom stereocenters. The first-order valence-corrected chi connectivity index (χ1v) is 7.52. The van der Waals surface area contributed by atoms with E-state index in [1.165, 1.54) is 32.4 Å². The molecule has 1 aromatic carbocycles. The van der Waals surface area contributed by atoms with Gasteiger partial charge in [-0.1, -0.05) is 18.0 Å². The van der Waals surface area contributed by atoms with Crippen molar-refractivity contribution in [2.75, 3.05) is 31.1 Å². The maximum Gasteiger partial charge on any atom is 0.0453 e. The summed E-state index contributed by atoms with van der Waals surface area (Å²) in [5, 5.41) is 0.764. The topological polar surface area (TPSA) is 29.3 Å². The lowest BCUT2D eigenvalue weighted by Crippen LogP contribution is -2.31. The molecular weight excluding hydrogens is 252 g/mol. The van der Waals surface area contributed by atoms with Gasteiger partial charge in [-0.05, 0) is 44.1 Å². The van der Waals surface area contributed by atoms with Crippen molar-refractivity contribution in [3.05, 3.63) is 23.2 Å². The molecule has 0 amide bonds. The third-order valence-corrected chi connectivity index (χ3v) is 4.38. The molecule has 0 saturated carbocycles. The number of nitrogens with zero attached hydrogens (tertiary/aromatic N) is 1. The van der Waals surface area contributed by atoms with Crippen LogP contribution in [0.2, 0.25) is 5.02 Å². The van der Waals surface area contributed by atoms with E-state index in [0.717, 1.165) is 27.9 Å². The summed E-state index contributed by atoms with van der Waals surface area (Å²) in [5.41, 5.74) is 6.75. The average Bonchev–Trinajstić information content (AvgIpc) is 2.35. The van der Waals surface area contributed by atoms with Crippen LogP contribution in [0.3, 0.4) is 0 Å². The number of nitrogen functional groups attached to an aromatic ring is 1. The van der Waals surface area contributed by atoms with Gasteiger partial charge >= 0.3 is 0 Å². The number of hydrogen-bond donors (Lipinski definition) is 1. The molecule has 17 heavy (non-hydrogen) atoms. The van der Waals surface area contributed by atoms with Gasteiger partial charge in [0.1, 0.15) is 0 Å². The average molecular weight is 271 g/mol. The van der Waals surface area contributed by atoms with E-state index in [4.69, 9.17) is 17.3 Å². The van der Waals surface area contributed by atoms with E-state index in [1.807, 2.05) is 18.2 Å². The Balaban J connectivity index is 1.79. The summed E-state index contributed by atoms with van der Waals surface area (Å²) in [6.45, 7) is 3.66. The first-order chi connectivity index (χ1) is 8.25. The number of anilines is 1. The number of piperidine rings is 1. The Labute approximate surface area is 113 Å². The molecule has 0 aromatic heterocycles. The predicted octanol–water partition coefficient (Wildman–Crippen LogP) is 3.50. The lowest BCUT2D eigenvalue weighted by Gasteiger charge is -2.26. The van der Waals surface area contributed by atoms with Crippen molar-refractivity contribution < 1.29 is 0 Å². The predicted molar refractivity (Wildman–Crippen MR) is 76.9 cm³/mol. The molecule has 0 aliphatic carbocycles. The highest BCUT2D eigenvalue weighted by Gasteiger charge is 2.09. The summed E-state index contributed by atoms with van der Waals surface area (Å²) >= 11 is 7.77. The molecule has 2 N–H and O–H groups in total. The van der Waals surface area contributed by atoms with Crippen LogP contribution >= 0.6 is 23.4 Å². The molecule has 4 heteroatoms. The molecule has 1 aromatic rings.